The van der Waals surface area contributed by atoms with E-state index in [4.69, 9.17) is 9.97 Å². The fourth-order valence-electron chi connectivity index (χ4n) is 4.88. The highest BCUT2D eigenvalue weighted by molar-refractivity contribution is 5.89. The lowest BCUT2D eigenvalue weighted by molar-refractivity contribution is 0.208. The molecule has 2 amide bonds. The number of aryl methyl sites for hydroxylation is 1. The van der Waals surface area contributed by atoms with Gasteiger partial charge in [0.15, 0.2) is 17.0 Å². The van der Waals surface area contributed by atoms with Gasteiger partial charge < -0.3 is 25.0 Å². The molecule has 214 valence electrons. The zero-order valence-electron chi connectivity index (χ0n) is 23.1. The van der Waals surface area contributed by atoms with Gasteiger partial charge in [0.1, 0.15) is 11.6 Å². The van der Waals surface area contributed by atoms with Crippen molar-refractivity contribution in [2.24, 2.45) is 0 Å². The van der Waals surface area contributed by atoms with Gasteiger partial charge in [0.25, 0.3) is 0 Å². The Morgan fingerprint density at radius 3 is 2.40 bits per heavy atom. The molecule has 42 heavy (non-hydrogen) atoms. The zero-order chi connectivity index (χ0) is 29.1. The van der Waals surface area contributed by atoms with Crippen LogP contribution in [0.2, 0.25) is 0 Å². The Bertz CT molecular complexity index is 1700. The molecular weight excluding hydrogens is 538 g/mol. The van der Waals surface area contributed by atoms with Crippen LogP contribution in [0.4, 0.5) is 31.0 Å². The number of rotatable bonds is 7. The Balaban J connectivity index is 1.22. The third-order valence-electron chi connectivity index (χ3n) is 7.25. The molecule has 1 fully saturated rings. The van der Waals surface area contributed by atoms with Gasteiger partial charge >= 0.3 is 6.03 Å². The summed E-state index contributed by atoms with van der Waals surface area (Å²) in [4.78, 5) is 30.8. The van der Waals surface area contributed by atoms with Crippen LogP contribution in [0.15, 0.2) is 79.1 Å². The van der Waals surface area contributed by atoms with E-state index in [-0.39, 0.29) is 5.69 Å². The number of anilines is 3. The molecule has 11 heteroatoms. The minimum atomic E-state index is -0.818. The van der Waals surface area contributed by atoms with E-state index in [0.717, 1.165) is 23.3 Å². The fraction of sp³-hybridized carbons (Fsp3) is 0.226. The number of hydrogen-bond acceptors (Lipinski definition) is 6. The first-order valence-corrected chi connectivity index (χ1v) is 13.7. The van der Waals surface area contributed by atoms with Gasteiger partial charge in [0, 0.05) is 38.8 Å². The largest absolute Gasteiger partial charge is 0.364 e. The van der Waals surface area contributed by atoms with Crippen molar-refractivity contribution >= 4 is 34.6 Å². The number of piperazine rings is 1. The molecule has 0 saturated carbocycles. The smallest absolute Gasteiger partial charge is 0.322 e. The number of halogens is 2. The minimum Gasteiger partial charge on any atom is -0.364 e. The van der Waals surface area contributed by atoms with Crippen molar-refractivity contribution in [3.63, 3.8) is 0 Å². The average Bonchev–Trinajstić information content (AvgIpc) is 3.41. The second kappa shape index (κ2) is 11.8. The first-order valence-electron chi connectivity index (χ1n) is 13.7. The van der Waals surface area contributed by atoms with Gasteiger partial charge in [-0.2, -0.15) is 9.97 Å². The van der Waals surface area contributed by atoms with E-state index in [1.807, 2.05) is 27.7 Å². The Kier molecular flexibility index (Phi) is 7.63. The number of fused-ring (bicyclic) bond motifs is 1. The van der Waals surface area contributed by atoms with E-state index in [9.17, 15) is 13.6 Å². The molecular formula is C31H30F2N8O. The number of hydrogen-bond donors (Lipinski definition) is 2. The molecule has 0 unspecified atom stereocenters. The van der Waals surface area contributed by atoms with Crippen LogP contribution < -0.4 is 15.5 Å². The highest BCUT2D eigenvalue weighted by Gasteiger charge is 2.25. The zero-order valence-corrected chi connectivity index (χ0v) is 23.1. The van der Waals surface area contributed by atoms with Gasteiger partial charge in [-0.1, -0.05) is 60.2 Å². The lowest BCUT2D eigenvalue weighted by Crippen LogP contribution is -2.50. The van der Waals surface area contributed by atoms with E-state index < -0.39 is 17.7 Å². The van der Waals surface area contributed by atoms with Crippen molar-refractivity contribution in [1.82, 2.24) is 24.4 Å². The Hall–Kier alpha value is -5.06. The lowest BCUT2D eigenvalue weighted by atomic mass is 10.1. The number of benzene rings is 3. The summed E-state index contributed by atoms with van der Waals surface area (Å²) >= 11 is 0. The topological polar surface area (TPSA) is 91.2 Å². The van der Waals surface area contributed by atoms with Crippen LogP contribution in [0, 0.1) is 18.6 Å². The summed E-state index contributed by atoms with van der Waals surface area (Å²) < 4.78 is 29.3. The number of amides is 2. The van der Waals surface area contributed by atoms with Crippen molar-refractivity contribution in [3.8, 4) is 0 Å². The number of carbonyl (C=O) groups excluding carboxylic acids is 1. The molecule has 9 nitrogen and oxygen atoms in total. The molecule has 1 saturated heterocycles. The van der Waals surface area contributed by atoms with Crippen LogP contribution in [0.5, 0.6) is 0 Å². The second-order valence-electron chi connectivity index (χ2n) is 10.3. The summed E-state index contributed by atoms with van der Waals surface area (Å²) in [6, 6.07) is 21.1. The number of urea groups is 1. The highest BCUT2D eigenvalue weighted by atomic mass is 19.1. The number of nitrogens with zero attached hydrogens (tertiary/aromatic N) is 6. The Morgan fingerprint density at radius 2 is 1.67 bits per heavy atom. The van der Waals surface area contributed by atoms with E-state index in [1.54, 1.807) is 11.2 Å². The highest BCUT2D eigenvalue weighted by Crippen LogP contribution is 2.25. The molecule has 5 aromatic rings. The summed E-state index contributed by atoms with van der Waals surface area (Å²) in [7, 11) is 0. The van der Waals surface area contributed by atoms with Gasteiger partial charge in [0.2, 0.25) is 5.95 Å². The van der Waals surface area contributed by atoms with Gasteiger partial charge in [-0.05, 0) is 30.2 Å². The SMILES string of the molecule is Cc1ccc(CNc2nc(N3CCN(C(=O)Nc4ccc(F)cc4F)CC3)nc3c2ncn3Cc2ccccc2)cc1. The number of carbonyl (C=O) groups is 1. The summed E-state index contributed by atoms with van der Waals surface area (Å²) in [6.07, 6.45) is 1.78. The van der Waals surface area contributed by atoms with E-state index >= 15 is 0 Å². The molecule has 0 aliphatic carbocycles. The Morgan fingerprint density at radius 1 is 0.905 bits per heavy atom. The van der Waals surface area contributed by atoms with Crippen LogP contribution in [0.25, 0.3) is 11.2 Å². The Labute approximate surface area is 241 Å². The normalized spacial score (nSPS) is 13.4. The average molecular weight is 569 g/mol. The van der Waals surface area contributed by atoms with Gasteiger partial charge in [-0.15, -0.1) is 0 Å². The molecule has 1 aliphatic rings. The minimum absolute atomic E-state index is 0.0615. The molecule has 0 bridgehead atoms. The maximum absolute atomic E-state index is 14.0. The standard InChI is InChI=1S/C31H30F2N8O/c1-21-7-9-22(10-8-21)18-34-28-27-29(41(20-35-27)19-23-5-3-2-4-6-23)38-30(37-28)39-13-15-40(16-14-39)31(42)36-26-12-11-24(32)17-25(26)33/h2-12,17,20H,13-16,18-19H2,1H3,(H,36,42)(H,34,37,38). The predicted molar refractivity (Wildman–Crippen MR) is 159 cm³/mol. The third kappa shape index (κ3) is 5.99. The molecule has 0 radical (unpaired) electrons. The molecule has 1 aliphatic heterocycles. The lowest BCUT2D eigenvalue weighted by Gasteiger charge is -2.34. The van der Waals surface area contributed by atoms with Crippen LogP contribution >= 0.6 is 0 Å². The first kappa shape index (κ1) is 27.1. The van der Waals surface area contributed by atoms with E-state index in [2.05, 4.69) is 58.9 Å². The maximum atomic E-state index is 14.0. The number of aromatic nitrogens is 4. The van der Waals surface area contributed by atoms with Crippen LogP contribution in [0.1, 0.15) is 16.7 Å². The molecule has 3 heterocycles. The fourth-order valence-corrected chi connectivity index (χ4v) is 4.88. The van der Waals surface area contributed by atoms with Crippen LogP contribution in [-0.4, -0.2) is 56.6 Å². The number of imidazole rings is 1. The molecule has 3 aromatic carbocycles. The number of nitrogens with one attached hydrogen (secondary N) is 2. The predicted octanol–water partition coefficient (Wildman–Crippen LogP) is 5.43. The van der Waals surface area contributed by atoms with Crippen LogP contribution in [-0.2, 0) is 13.1 Å². The second-order valence-corrected chi connectivity index (χ2v) is 10.3. The van der Waals surface area contributed by atoms with Gasteiger partial charge in [-0.3, -0.25) is 0 Å². The third-order valence-corrected chi connectivity index (χ3v) is 7.25. The van der Waals surface area contributed by atoms with E-state index in [1.165, 1.54) is 11.6 Å². The van der Waals surface area contributed by atoms with E-state index in [0.29, 0.717) is 62.2 Å². The molecule has 0 spiro atoms. The van der Waals surface area contributed by atoms with Crippen molar-refractivity contribution in [1.29, 1.82) is 0 Å². The molecule has 0 atom stereocenters. The van der Waals surface area contributed by atoms with Crippen molar-refractivity contribution in [3.05, 3.63) is 107 Å². The molecule has 6 rings (SSSR count). The van der Waals surface area contributed by atoms with Gasteiger partial charge in [-0.25, -0.2) is 18.6 Å². The summed E-state index contributed by atoms with van der Waals surface area (Å²) in [5.41, 5.74) is 4.77. The summed E-state index contributed by atoms with van der Waals surface area (Å²) in [5.74, 6) is -0.349. The summed E-state index contributed by atoms with van der Waals surface area (Å²) in [5, 5.41) is 5.99. The molecule has 2 N–H and O–H groups in total. The first-order chi connectivity index (χ1) is 20.4. The van der Waals surface area contributed by atoms with Crippen LogP contribution in [0.3, 0.4) is 0 Å². The molecule has 2 aromatic heterocycles. The maximum Gasteiger partial charge on any atom is 0.322 e. The summed E-state index contributed by atoms with van der Waals surface area (Å²) in [6.45, 7) is 4.96. The van der Waals surface area contributed by atoms with Gasteiger partial charge in [0.05, 0.1) is 18.6 Å². The van der Waals surface area contributed by atoms with Crippen molar-refractivity contribution < 1.29 is 13.6 Å². The quantitative estimate of drug-likeness (QED) is 0.272. The van der Waals surface area contributed by atoms with Crippen molar-refractivity contribution in [2.45, 2.75) is 20.0 Å². The monoisotopic (exact) mass is 568 g/mol. The van der Waals surface area contributed by atoms with Crippen molar-refractivity contribution in [2.75, 3.05) is 41.7 Å².